The summed E-state index contributed by atoms with van der Waals surface area (Å²) in [6.45, 7) is 9.41. The summed E-state index contributed by atoms with van der Waals surface area (Å²) in [7, 11) is 0. The van der Waals surface area contributed by atoms with Crippen molar-refractivity contribution in [1.29, 1.82) is 0 Å². The molecule has 1 rings (SSSR count). The first-order valence-electron chi connectivity index (χ1n) is 6.44. The molecular weight excluding hydrogens is 393 g/mol. The smallest absolute Gasteiger partial charge is 1.00 e. The second kappa shape index (κ2) is 14.3. The molecule has 0 heterocycles. The summed E-state index contributed by atoms with van der Waals surface area (Å²) in [4.78, 5) is 0. The standard InChI is InChI=1S/C17H23O.Ba.ClH/c1-15(2)8-7-9-16(3)12-13-18-14-17-10-5-4-6-11-17;;/h4-6,8,10-12H,1,7,9,13-14H2,2-3H3;;1H/q-1;+2;/p-1/b15-8-,16-12+;;. The van der Waals surface area contributed by atoms with Gasteiger partial charge in [0.05, 0.1) is 13.2 Å². The zero-order valence-corrected chi connectivity index (χ0v) is 17.8. The van der Waals surface area contributed by atoms with Crippen molar-refractivity contribution in [2.24, 2.45) is 0 Å². The molecule has 0 aliphatic rings. The van der Waals surface area contributed by atoms with Gasteiger partial charge in [-0.15, -0.1) is 0 Å². The Morgan fingerprint density at radius 1 is 1.15 bits per heavy atom. The van der Waals surface area contributed by atoms with Crippen molar-refractivity contribution in [3.63, 3.8) is 0 Å². The zero-order valence-electron chi connectivity index (χ0n) is 12.6. The van der Waals surface area contributed by atoms with Crippen molar-refractivity contribution in [2.45, 2.75) is 33.3 Å². The summed E-state index contributed by atoms with van der Waals surface area (Å²) in [5, 5.41) is 0. The molecule has 1 aromatic carbocycles. The molecule has 0 bridgehead atoms. The molecular formula is C17H23BaClO. The van der Waals surface area contributed by atoms with Gasteiger partial charge in [0.25, 0.3) is 0 Å². The van der Waals surface area contributed by atoms with Gasteiger partial charge in [-0.2, -0.15) is 0 Å². The fourth-order valence-corrected chi connectivity index (χ4v) is 1.60. The van der Waals surface area contributed by atoms with E-state index in [9.17, 15) is 0 Å². The third-order valence-electron chi connectivity index (χ3n) is 2.69. The Morgan fingerprint density at radius 2 is 1.80 bits per heavy atom. The molecule has 0 amide bonds. The molecule has 0 atom stereocenters. The van der Waals surface area contributed by atoms with E-state index in [1.165, 1.54) is 11.1 Å². The van der Waals surface area contributed by atoms with E-state index in [2.05, 4.69) is 38.1 Å². The van der Waals surface area contributed by atoms with Crippen LogP contribution in [0.4, 0.5) is 0 Å². The second-order valence-electron chi connectivity index (χ2n) is 4.64. The van der Waals surface area contributed by atoms with Crippen LogP contribution < -0.4 is 12.4 Å². The number of benzene rings is 1. The molecule has 1 nitrogen and oxygen atoms in total. The molecule has 106 valence electrons. The largest absolute Gasteiger partial charge is 2.00 e. The number of halogens is 1. The van der Waals surface area contributed by atoms with Crippen LogP contribution in [0, 0.1) is 6.92 Å². The van der Waals surface area contributed by atoms with Gasteiger partial charge >= 0.3 is 48.9 Å². The predicted molar refractivity (Wildman–Crippen MR) is 84.0 cm³/mol. The number of ether oxygens (including phenoxy) is 1. The predicted octanol–water partition coefficient (Wildman–Crippen LogP) is 1.33. The fraction of sp³-hybridized carbons (Fsp3) is 0.353. The van der Waals surface area contributed by atoms with Crippen LogP contribution >= 0.6 is 0 Å². The second-order valence-corrected chi connectivity index (χ2v) is 4.64. The van der Waals surface area contributed by atoms with E-state index < -0.39 is 0 Å². The molecule has 0 N–H and O–H groups in total. The van der Waals surface area contributed by atoms with Crippen molar-refractivity contribution in [1.82, 2.24) is 0 Å². The minimum atomic E-state index is 0. The van der Waals surface area contributed by atoms with E-state index in [0.29, 0.717) is 13.2 Å². The molecule has 0 radical (unpaired) electrons. The molecule has 0 aliphatic carbocycles. The molecule has 20 heavy (non-hydrogen) atoms. The van der Waals surface area contributed by atoms with Crippen molar-refractivity contribution < 1.29 is 17.1 Å². The Labute approximate surface area is 170 Å². The van der Waals surface area contributed by atoms with Gasteiger partial charge in [-0.1, -0.05) is 55.3 Å². The van der Waals surface area contributed by atoms with E-state index in [4.69, 9.17) is 4.74 Å². The Kier molecular flexibility index (Phi) is 16.2. The fourth-order valence-electron chi connectivity index (χ4n) is 1.60. The molecule has 0 saturated carbocycles. The minimum Gasteiger partial charge on any atom is -1.00 e. The molecule has 0 aliphatic heterocycles. The number of hydrogen-bond donors (Lipinski definition) is 0. The maximum Gasteiger partial charge on any atom is 2.00 e. The van der Waals surface area contributed by atoms with E-state index in [0.717, 1.165) is 18.4 Å². The van der Waals surface area contributed by atoms with E-state index in [-0.39, 0.29) is 61.3 Å². The van der Waals surface area contributed by atoms with Crippen LogP contribution in [0.2, 0.25) is 0 Å². The maximum absolute atomic E-state index is 5.61. The van der Waals surface area contributed by atoms with Crippen LogP contribution in [0.1, 0.15) is 32.3 Å². The van der Waals surface area contributed by atoms with Gasteiger partial charge in [0, 0.05) is 0 Å². The summed E-state index contributed by atoms with van der Waals surface area (Å²) < 4.78 is 5.61. The average Bonchev–Trinajstić information content (AvgIpc) is 2.35. The minimum absolute atomic E-state index is 0. The molecule has 0 spiro atoms. The summed E-state index contributed by atoms with van der Waals surface area (Å²) in [6, 6.07) is 10.3. The van der Waals surface area contributed by atoms with Gasteiger partial charge in [0.2, 0.25) is 0 Å². The van der Waals surface area contributed by atoms with Gasteiger partial charge in [-0.3, -0.25) is 0 Å². The molecule has 3 heteroatoms. The normalized spacial score (nSPS) is 11.5. The quantitative estimate of drug-likeness (QED) is 0.282. The van der Waals surface area contributed by atoms with Crippen molar-refractivity contribution in [3.8, 4) is 0 Å². The molecule has 0 saturated heterocycles. The Balaban J connectivity index is 0. The summed E-state index contributed by atoms with van der Waals surface area (Å²) in [5.74, 6) is 0. The Morgan fingerprint density at radius 3 is 2.40 bits per heavy atom. The van der Waals surface area contributed by atoms with E-state index >= 15 is 0 Å². The number of hydrogen-bond acceptors (Lipinski definition) is 1. The van der Waals surface area contributed by atoms with Gasteiger partial charge in [0.1, 0.15) is 0 Å². The Bertz CT molecular complexity index is 395. The first kappa shape index (κ1) is 22.7. The van der Waals surface area contributed by atoms with Crippen LogP contribution in [0.15, 0.2) is 53.6 Å². The van der Waals surface area contributed by atoms with Gasteiger partial charge in [-0.05, 0) is 18.9 Å². The van der Waals surface area contributed by atoms with E-state index in [1.54, 1.807) is 0 Å². The third-order valence-corrected chi connectivity index (χ3v) is 2.69. The molecule has 0 fully saturated rings. The molecule has 0 aromatic heterocycles. The first-order chi connectivity index (χ1) is 8.68. The monoisotopic (exact) mass is 416 g/mol. The number of allylic oxidation sites excluding steroid dienone is 3. The number of rotatable bonds is 7. The van der Waals surface area contributed by atoms with Crippen LogP contribution in [0.25, 0.3) is 0 Å². The summed E-state index contributed by atoms with van der Waals surface area (Å²) in [5.41, 5.74) is 3.74. The van der Waals surface area contributed by atoms with Gasteiger partial charge in [-0.25, -0.2) is 18.6 Å². The van der Waals surface area contributed by atoms with E-state index in [1.807, 2.05) is 25.1 Å². The SMILES string of the molecule is [Ba+2].[CH2-]/C(C)=C/CC/C(C)=C/COCc1ccccc1.[Cl-]. The summed E-state index contributed by atoms with van der Waals surface area (Å²) in [6.07, 6.45) is 6.48. The molecule has 1 aromatic rings. The van der Waals surface area contributed by atoms with Crippen LogP contribution in [-0.2, 0) is 11.3 Å². The molecule has 0 unspecified atom stereocenters. The third kappa shape index (κ3) is 12.2. The maximum atomic E-state index is 5.61. The van der Waals surface area contributed by atoms with Crippen molar-refractivity contribution in [2.75, 3.05) is 6.61 Å². The zero-order chi connectivity index (χ0) is 13.2. The van der Waals surface area contributed by atoms with Gasteiger partial charge < -0.3 is 17.1 Å². The van der Waals surface area contributed by atoms with Crippen LogP contribution in [0.3, 0.4) is 0 Å². The average molecular weight is 416 g/mol. The van der Waals surface area contributed by atoms with Crippen molar-refractivity contribution in [3.05, 3.63) is 66.1 Å². The summed E-state index contributed by atoms with van der Waals surface area (Å²) >= 11 is 0. The van der Waals surface area contributed by atoms with Crippen molar-refractivity contribution >= 4 is 48.9 Å². The van der Waals surface area contributed by atoms with Crippen LogP contribution in [-0.4, -0.2) is 55.5 Å². The first-order valence-corrected chi connectivity index (χ1v) is 6.44. The van der Waals surface area contributed by atoms with Gasteiger partial charge in [0.15, 0.2) is 0 Å². The topological polar surface area (TPSA) is 9.23 Å². The van der Waals surface area contributed by atoms with Crippen LogP contribution in [0.5, 0.6) is 0 Å². The Hall–Kier alpha value is 0.391.